The summed E-state index contributed by atoms with van der Waals surface area (Å²) in [6.07, 6.45) is 0. The van der Waals surface area contributed by atoms with Gasteiger partial charge in [0.15, 0.2) is 5.69 Å². The first-order valence-electron chi connectivity index (χ1n) is 6.01. The van der Waals surface area contributed by atoms with Crippen molar-refractivity contribution in [1.29, 1.82) is 0 Å². The average Bonchev–Trinajstić information content (AvgIpc) is 2.72. The van der Waals surface area contributed by atoms with Crippen LogP contribution in [0.4, 0.5) is 0 Å². The number of carbonyl (C=O) groups excluding carboxylic acids is 1. The van der Waals surface area contributed by atoms with Crippen molar-refractivity contribution in [2.24, 2.45) is 0 Å². The van der Waals surface area contributed by atoms with Gasteiger partial charge >= 0.3 is 5.97 Å². The highest BCUT2D eigenvalue weighted by Gasteiger charge is 2.28. The predicted octanol–water partition coefficient (Wildman–Crippen LogP) is 3.54. The van der Waals surface area contributed by atoms with Crippen LogP contribution in [-0.4, -0.2) is 34.3 Å². The number of carbonyl (C=O) groups is 1. The van der Waals surface area contributed by atoms with Crippen molar-refractivity contribution < 1.29 is 9.53 Å². The average molecular weight is 303 g/mol. The molecule has 1 fully saturated rings. The number of rotatable bonds is 3. The van der Waals surface area contributed by atoms with E-state index in [4.69, 9.17) is 4.74 Å². The van der Waals surface area contributed by atoms with E-state index in [0.717, 1.165) is 15.6 Å². The maximum atomic E-state index is 11.8. The molecule has 1 aliphatic heterocycles. The molecule has 6 heteroatoms. The van der Waals surface area contributed by atoms with Crippen LogP contribution in [0.5, 0.6) is 0 Å². The maximum absolute atomic E-state index is 11.8. The molecule has 100 valence electrons. The lowest BCUT2D eigenvalue weighted by Crippen LogP contribution is -2.16. The Morgan fingerprint density at radius 2 is 2.17 bits per heavy atom. The number of thioether (sulfide) groups is 2. The van der Waals surface area contributed by atoms with Crippen LogP contribution in [0.1, 0.15) is 39.5 Å². The summed E-state index contributed by atoms with van der Waals surface area (Å²) in [5.41, 5.74) is 0.500. The Morgan fingerprint density at radius 1 is 1.44 bits per heavy atom. The van der Waals surface area contributed by atoms with Gasteiger partial charge in [0, 0.05) is 21.6 Å². The molecule has 3 nitrogen and oxygen atoms in total. The quantitative estimate of drug-likeness (QED) is 0.799. The first-order chi connectivity index (χ1) is 8.63. The molecule has 0 bridgehead atoms. The Morgan fingerprint density at radius 3 is 2.83 bits per heavy atom. The summed E-state index contributed by atoms with van der Waals surface area (Å²) in [5.74, 6) is 2.07. The lowest BCUT2D eigenvalue weighted by Gasteiger charge is -2.25. The van der Waals surface area contributed by atoms with E-state index in [1.165, 1.54) is 5.75 Å². The number of nitrogens with zero attached hydrogens (tertiary/aromatic N) is 1. The largest absolute Gasteiger partial charge is 0.461 e. The van der Waals surface area contributed by atoms with Gasteiger partial charge in [0.2, 0.25) is 0 Å². The monoisotopic (exact) mass is 303 g/mol. The SMILES string of the molecule is CCOC(=O)c1nc(C2SCCSC2C)sc1C. The fourth-order valence-corrected chi connectivity index (χ4v) is 5.90. The first-order valence-corrected chi connectivity index (χ1v) is 8.92. The van der Waals surface area contributed by atoms with Crippen LogP contribution >= 0.6 is 34.9 Å². The van der Waals surface area contributed by atoms with E-state index < -0.39 is 0 Å². The molecular weight excluding hydrogens is 286 g/mol. The Bertz CT molecular complexity index is 433. The van der Waals surface area contributed by atoms with Crippen LogP contribution < -0.4 is 0 Å². The molecule has 0 aliphatic carbocycles. The molecule has 0 N–H and O–H groups in total. The number of esters is 1. The number of ether oxygens (including phenoxy) is 1. The standard InChI is InChI=1S/C12H17NO2S3/c1-4-15-12(14)9-7(2)18-11(13-9)10-8(3)16-5-6-17-10/h8,10H,4-6H2,1-3H3. The van der Waals surface area contributed by atoms with Crippen molar-refractivity contribution in [3.05, 3.63) is 15.6 Å². The van der Waals surface area contributed by atoms with E-state index in [2.05, 4.69) is 11.9 Å². The summed E-state index contributed by atoms with van der Waals surface area (Å²) < 4.78 is 5.03. The minimum atomic E-state index is -0.293. The van der Waals surface area contributed by atoms with Crippen molar-refractivity contribution >= 4 is 40.8 Å². The highest BCUT2D eigenvalue weighted by Crippen LogP contribution is 2.44. The second kappa shape index (κ2) is 6.30. The lowest BCUT2D eigenvalue weighted by molar-refractivity contribution is 0.0519. The molecule has 2 rings (SSSR count). The number of hydrogen-bond acceptors (Lipinski definition) is 6. The van der Waals surface area contributed by atoms with Gasteiger partial charge in [-0.25, -0.2) is 9.78 Å². The van der Waals surface area contributed by atoms with E-state index in [-0.39, 0.29) is 5.97 Å². The van der Waals surface area contributed by atoms with E-state index >= 15 is 0 Å². The molecule has 1 saturated heterocycles. The van der Waals surface area contributed by atoms with Crippen molar-refractivity contribution in [3.8, 4) is 0 Å². The Labute approximate surface area is 120 Å². The van der Waals surface area contributed by atoms with Crippen LogP contribution in [-0.2, 0) is 4.74 Å². The summed E-state index contributed by atoms with van der Waals surface area (Å²) in [7, 11) is 0. The molecule has 0 amide bonds. The molecule has 18 heavy (non-hydrogen) atoms. The first kappa shape index (κ1) is 14.2. The molecule has 0 radical (unpaired) electrons. The Hall–Kier alpha value is -0.200. The molecular formula is C12H17NO2S3. The van der Waals surface area contributed by atoms with Gasteiger partial charge in [0.25, 0.3) is 0 Å². The van der Waals surface area contributed by atoms with Crippen molar-refractivity contribution in [3.63, 3.8) is 0 Å². The molecule has 1 aromatic rings. The highest BCUT2D eigenvalue weighted by molar-refractivity contribution is 8.06. The van der Waals surface area contributed by atoms with E-state index in [0.29, 0.717) is 22.8 Å². The van der Waals surface area contributed by atoms with E-state index in [1.807, 2.05) is 37.4 Å². The van der Waals surface area contributed by atoms with Crippen LogP contribution in [0.3, 0.4) is 0 Å². The van der Waals surface area contributed by atoms with Crippen molar-refractivity contribution in [2.45, 2.75) is 31.3 Å². The number of hydrogen-bond donors (Lipinski definition) is 0. The Kier molecular flexibility index (Phi) is 4.98. The minimum absolute atomic E-state index is 0.293. The molecule has 2 heterocycles. The van der Waals surface area contributed by atoms with Crippen LogP contribution in [0.15, 0.2) is 0 Å². The van der Waals surface area contributed by atoms with Crippen LogP contribution in [0.2, 0.25) is 0 Å². The summed E-state index contributed by atoms with van der Waals surface area (Å²) >= 11 is 5.56. The summed E-state index contributed by atoms with van der Waals surface area (Å²) in [4.78, 5) is 17.2. The van der Waals surface area contributed by atoms with Gasteiger partial charge in [0.05, 0.1) is 11.9 Å². The molecule has 2 unspecified atom stereocenters. The van der Waals surface area contributed by atoms with Gasteiger partial charge in [0.1, 0.15) is 5.01 Å². The predicted molar refractivity (Wildman–Crippen MR) is 79.9 cm³/mol. The zero-order valence-corrected chi connectivity index (χ0v) is 13.2. The van der Waals surface area contributed by atoms with Gasteiger partial charge in [-0.15, -0.1) is 23.1 Å². The fraction of sp³-hybridized carbons (Fsp3) is 0.667. The maximum Gasteiger partial charge on any atom is 0.358 e. The molecule has 0 saturated carbocycles. The van der Waals surface area contributed by atoms with E-state index in [1.54, 1.807) is 11.3 Å². The zero-order chi connectivity index (χ0) is 13.1. The third-order valence-corrected chi connectivity index (χ3v) is 7.02. The minimum Gasteiger partial charge on any atom is -0.461 e. The topological polar surface area (TPSA) is 39.2 Å². The third-order valence-electron chi connectivity index (χ3n) is 2.71. The zero-order valence-electron chi connectivity index (χ0n) is 10.8. The smallest absolute Gasteiger partial charge is 0.358 e. The molecule has 2 atom stereocenters. The van der Waals surface area contributed by atoms with Gasteiger partial charge in [-0.3, -0.25) is 0 Å². The van der Waals surface area contributed by atoms with Gasteiger partial charge < -0.3 is 4.74 Å². The van der Waals surface area contributed by atoms with Gasteiger partial charge in [-0.05, 0) is 13.8 Å². The second-order valence-electron chi connectivity index (χ2n) is 4.04. The number of aryl methyl sites for hydroxylation is 1. The summed E-state index contributed by atoms with van der Waals surface area (Å²) in [5, 5.41) is 2.04. The number of thiazole rings is 1. The number of aromatic nitrogens is 1. The fourth-order valence-electron chi connectivity index (χ4n) is 1.83. The molecule has 0 aromatic carbocycles. The normalized spacial score (nSPS) is 23.9. The summed E-state index contributed by atoms with van der Waals surface area (Å²) in [6.45, 7) is 6.40. The molecule has 1 aromatic heterocycles. The molecule has 0 spiro atoms. The second-order valence-corrected chi connectivity index (χ2v) is 8.01. The highest BCUT2D eigenvalue weighted by atomic mass is 32.2. The van der Waals surface area contributed by atoms with Gasteiger partial charge in [-0.1, -0.05) is 6.92 Å². The lowest BCUT2D eigenvalue weighted by atomic mass is 10.3. The third kappa shape index (κ3) is 3.03. The summed E-state index contributed by atoms with van der Waals surface area (Å²) in [6, 6.07) is 0. The Balaban J connectivity index is 2.19. The van der Waals surface area contributed by atoms with E-state index in [9.17, 15) is 4.79 Å². The van der Waals surface area contributed by atoms with Crippen LogP contribution in [0.25, 0.3) is 0 Å². The van der Waals surface area contributed by atoms with Crippen LogP contribution in [0, 0.1) is 6.92 Å². The molecule has 1 aliphatic rings. The van der Waals surface area contributed by atoms with Crippen molar-refractivity contribution in [1.82, 2.24) is 4.98 Å². The van der Waals surface area contributed by atoms with Crippen molar-refractivity contribution in [2.75, 3.05) is 18.1 Å². The van der Waals surface area contributed by atoms with Gasteiger partial charge in [-0.2, -0.15) is 11.8 Å².